The number of rotatable bonds is 8. The lowest BCUT2D eigenvalue weighted by Gasteiger charge is -2.38. The molecule has 8 nitrogen and oxygen atoms in total. The van der Waals surface area contributed by atoms with Crippen molar-refractivity contribution < 1.29 is 24.1 Å². The second-order valence-electron chi connectivity index (χ2n) is 12.2. The number of pyridine rings is 1. The minimum Gasteiger partial charge on any atom is -0.488 e. The maximum atomic E-state index is 11.7. The molecule has 0 spiro atoms. The zero-order valence-electron chi connectivity index (χ0n) is 25.6. The third-order valence-electron chi connectivity index (χ3n) is 9.57. The molecule has 3 aromatic rings. The van der Waals surface area contributed by atoms with Crippen LogP contribution in [0.4, 0.5) is 5.82 Å². The number of carboxylic acid groups (broad SMARTS) is 1. The van der Waals surface area contributed by atoms with Gasteiger partial charge in [-0.3, -0.25) is 9.69 Å². The van der Waals surface area contributed by atoms with Crippen molar-refractivity contribution in [2.75, 3.05) is 44.9 Å². The number of hydrogen-bond acceptors (Lipinski definition) is 7. The van der Waals surface area contributed by atoms with E-state index < -0.39 is 11.9 Å². The second kappa shape index (κ2) is 13.0. The fourth-order valence-corrected chi connectivity index (χ4v) is 6.95. The average Bonchev–Trinajstić information content (AvgIpc) is 3.04. The third kappa shape index (κ3) is 6.42. The molecular weight excluding hydrogens is 542 g/mol. The minimum absolute atomic E-state index is 0.376. The predicted octanol–water partition coefficient (Wildman–Crippen LogP) is 5.41. The van der Waals surface area contributed by atoms with E-state index in [1.807, 2.05) is 24.3 Å². The van der Waals surface area contributed by atoms with Crippen LogP contribution in [0.3, 0.4) is 0 Å². The number of fused-ring (bicyclic) bond motifs is 1. The number of hydrogen-bond donors (Lipinski definition) is 1. The molecular formula is C35H43N3O5. The molecule has 1 aromatic heterocycles. The molecule has 8 heteroatoms. The molecule has 0 amide bonds. The highest BCUT2D eigenvalue weighted by molar-refractivity contribution is 5.72. The largest absolute Gasteiger partial charge is 0.488 e. The Hall–Kier alpha value is -3.46. The van der Waals surface area contributed by atoms with E-state index in [-0.39, 0.29) is 6.10 Å². The van der Waals surface area contributed by atoms with Crippen molar-refractivity contribution in [3.8, 4) is 17.0 Å². The Labute approximate surface area is 254 Å². The maximum absolute atomic E-state index is 11.7. The molecule has 3 aliphatic rings. The normalized spacial score (nSPS) is 21.4. The lowest BCUT2D eigenvalue weighted by Crippen LogP contribution is -2.47. The first-order valence-corrected chi connectivity index (χ1v) is 15.5. The summed E-state index contributed by atoms with van der Waals surface area (Å²) in [4.78, 5) is 21.4. The van der Waals surface area contributed by atoms with Crippen LogP contribution >= 0.6 is 0 Å². The lowest BCUT2D eigenvalue weighted by atomic mass is 9.90. The molecule has 0 aliphatic carbocycles. The first-order chi connectivity index (χ1) is 20.9. The summed E-state index contributed by atoms with van der Waals surface area (Å²) >= 11 is 0. The van der Waals surface area contributed by atoms with Gasteiger partial charge in [0.1, 0.15) is 18.2 Å². The Morgan fingerprint density at radius 2 is 1.91 bits per heavy atom. The minimum atomic E-state index is -0.805. The number of piperidine rings is 1. The number of carbonyl (C=O) groups is 1. The first kappa shape index (κ1) is 29.6. The highest BCUT2D eigenvalue weighted by Crippen LogP contribution is 2.34. The van der Waals surface area contributed by atoms with Crippen molar-refractivity contribution in [1.82, 2.24) is 9.88 Å². The number of ether oxygens (including phenoxy) is 3. The summed E-state index contributed by atoms with van der Waals surface area (Å²) in [6.07, 6.45) is 3.49. The molecule has 6 rings (SSSR count). The highest BCUT2D eigenvalue weighted by Gasteiger charge is 2.35. The Balaban J connectivity index is 1.18. The van der Waals surface area contributed by atoms with Gasteiger partial charge in [0.25, 0.3) is 0 Å². The van der Waals surface area contributed by atoms with Gasteiger partial charge in [-0.25, -0.2) is 4.98 Å². The monoisotopic (exact) mass is 585 g/mol. The standard InChI is InChI=1S/C35H43N3O5/c1-23-7-10-32(30(19-23)31-5-4-6-34(36-31)38-16-12-29(35(39)40)33(21-38)41-3)43-22-26-9-8-25-20-37(15-11-28(25)24(26)2)27-13-17-42-18-14-27/h4-10,19,27,29,33H,11-18,20-22H2,1-3H3,(H,39,40)/t29-,33+/m1/s1. The van der Waals surface area contributed by atoms with Crippen LogP contribution in [-0.2, 0) is 33.8 Å². The second-order valence-corrected chi connectivity index (χ2v) is 12.2. The summed E-state index contributed by atoms with van der Waals surface area (Å²) in [5, 5.41) is 9.58. The molecule has 0 unspecified atom stereocenters. The van der Waals surface area contributed by atoms with Gasteiger partial charge in [-0.05, 0) is 86.1 Å². The van der Waals surface area contributed by atoms with Crippen LogP contribution in [0.2, 0.25) is 0 Å². The van der Waals surface area contributed by atoms with Gasteiger partial charge in [0.2, 0.25) is 0 Å². The van der Waals surface area contributed by atoms with Crippen molar-refractivity contribution in [3.05, 3.63) is 76.3 Å². The van der Waals surface area contributed by atoms with E-state index in [9.17, 15) is 9.90 Å². The summed E-state index contributed by atoms with van der Waals surface area (Å²) in [7, 11) is 1.58. The lowest BCUT2D eigenvalue weighted by molar-refractivity contribution is -0.147. The van der Waals surface area contributed by atoms with Crippen molar-refractivity contribution >= 4 is 11.8 Å². The number of carboxylic acids is 1. The van der Waals surface area contributed by atoms with E-state index in [1.54, 1.807) is 7.11 Å². The topological polar surface area (TPSA) is 84.4 Å². The van der Waals surface area contributed by atoms with E-state index in [2.05, 4.69) is 47.9 Å². The van der Waals surface area contributed by atoms with Crippen LogP contribution < -0.4 is 9.64 Å². The molecule has 0 bridgehead atoms. The van der Waals surface area contributed by atoms with Gasteiger partial charge in [0.05, 0.1) is 17.7 Å². The Bertz CT molecular complexity index is 1450. The number of anilines is 1. The van der Waals surface area contributed by atoms with Gasteiger partial charge in [0.15, 0.2) is 0 Å². The van der Waals surface area contributed by atoms with Gasteiger partial charge in [0, 0.05) is 58.1 Å². The summed E-state index contributed by atoms with van der Waals surface area (Å²) in [6, 6.07) is 17.4. The van der Waals surface area contributed by atoms with Crippen molar-refractivity contribution in [2.24, 2.45) is 5.92 Å². The van der Waals surface area contributed by atoms with Crippen LogP contribution in [-0.4, -0.2) is 73.1 Å². The van der Waals surface area contributed by atoms with E-state index in [0.717, 1.165) is 74.0 Å². The number of benzene rings is 2. The smallest absolute Gasteiger partial charge is 0.309 e. The summed E-state index contributed by atoms with van der Waals surface area (Å²) < 4.78 is 17.6. The van der Waals surface area contributed by atoms with Crippen molar-refractivity contribution in [2.45, 2.75) is 64.8 Å². The van der Waals surface area contributed by atoms with Crippen LogP contribution in [0.1, 0.15) is 47.1 Å². The van der Waals surface area contributed by atoms with Crippen LogP contribution in [0.25, 0.3) is 11.3 Å². The van der Waals surface area contributed by atoms with Crippen LogP contribution in [0, 0.1) is 19.8 Å². The van der Waals surface area contributed by atoms with E-state index in [1.165, 1.54) is 22.3 Å². The summed E-state index contributed by atoms with van der Waals surface area (Å²) in [6.45, 7) is 9.81. The molecule has 43 heavy (non-hydrogen) atoms. The van der Waals surface area contributed by atoms with Crippen LogP contribution in [0.5, 0.6) is 5.75 Å². The fraction of sp³-hybridized carbons (Fsp3) is 0.486. The zero-order valence-corrected chi connectivity index (χ0v) is 25.6. The number of nitrogens with zero attached hydrogens (tertiary/aromatic N) is 3. The van der Waals surface area contributed by atoms with E-state index in [0.29, 0.717) is 32.2 Å². The van der Waals surface area contributed by atoms with E-state index in [4.69, 9.17) is 19.2 Å². The summed E-state index contributed by atoms with van der Waals surface area (Å²) in [5.74, 6) is 0.314. The molecule has 228 valence electrons. The van der Waals surface area contributed by atoms with Crippen molar-refractivity contribution in [1.29, 1.82) is 0 Å². The van der Waals surface area contributed by atoms with Gasteiger partial charge < -0.3 is 24.2 Å². The van der Waals surface area contributed by atoms with Crippen molar-refractivity contribution in [3.63, 3.8) is 0 Å². The molecule has 0 saturated carbocycles. The quantitative estimate of drug-likeness (QED) is 0.376. The van der Waals surface area contributed by atoms with Gasteiger partial charge in [-0.2, -0.15) is 0 Å². The van der Waals surface area contributed by atoms with Gasteiger partial charge in [-0.15, -0.1) is 0 Å². The fourth-order valence-electron chi connectivity index (χ4n) is 6.95. The molecule has 0 radical (unpaired) electrons. The number of aromatic nitrogens is 1. The van der Waals surface area contributed by atoms with Gasteiger partial charge >= 0.3 is 5.97 Å². The number of methoxy groups -OCH3 is 1. The molecule has 2 saturated heterocycles. The first-order valence-electron chi connectivity index (χ1n) is 15.5. The Morgan fingerprint density at radius 1 is 1.07 bits per heavy atom. The average molecular weight is 586 g/mol. The highest BCUT2D eigenvalue weighted by atomic mass is 16.5. The van der Waals surface area contributed by atoms with E-state index >= 15 is 0 Å². The SMILES string of the molecule is CO[C@H]1CN(c2cccc(-c3cc(C)ccc3OCc3ccc4c(c3C)CCN(C3CCOCC3)C4)n2)CC[C@H]1C(=O)O. The Morgan fingerprint density at radius 3 is 2.70 bits per heavy atom. The molecule has 2 aromatic carbocycles. The van der Waals surface area contributed by atoms with Crippen LogP contribution in [0.15, 0.2) is 48.5 Å². The number of aryl methyl sites for hydroxylation is 1. The molecule has 2 atom stereocenters. The molecule has 3 aliphatic heterocycles. The number of aliphatic carboxylic acids is 1. The predicted molar refractivity (Wildman–Crippen MR) is 167 cm³/mol. The summed E-state index contributed by atoms with van der Waals surface area (Å²) in [5.41, 5.74) is 8.40. The zero-order chi connectivity index (χ0) is 29.9. The molecule has 2 fully saturated rings. The Kier molecular flexibility index (Phi) is 8.98. The van der Waals surface area contributed by atoms with Gasteiger partial charge in [-0.1, -0.05) is 29.8 Å². The molecule has 1 N–H and O–H groups in total. The maximum Gasteiger partial charge on any atom is 0.309 e. The molecule has 4 heterocycles. The third-order valence-corrected chi connectivity index (χ3v) is 9.57.